The second-order valence-electron chi connectivity index (χ2n) is 8.89. The Balaban J connectivity index is 2.94. The molecule has 4 atom stereocenters. The highest BCUT2D eigenvalue weighted by molar-refractivity contribution is 6.74. The van der Waals surface area contributed by atoms with Gasteiger partial charge in [-0.05, 0) is 36.5 Å². The number of hydrogen-bond donors (Lipinski definition) is 1. The van der Waals surface area contributed by atoms with Gasteiger partial charge in [0, 0.05) is 11.8 Å². The van der Waals surface area contributed by atoms with Crippen LogP contribution in [-0.2, 0) is 10.8 Å². The van der Waals surface area contributed by atoms with Crippen LogP contribution in [0, 0.1) is 11.8 Å². The molecule has 0 aromatic heterocycles. The Labute approximate surface area is 156 Å². The van der Waals surface area contributed by atoms with E-state index in [1.54, 1.807) is 0 Å². The van der Waals surface area contributed by atoms with Gasteiger partial charge in [0.25, 0.3) is 0 Å². The number of aliphatic hydroxyl groups is 1. The molecule has 0 fully saturated rings. The summed E-state index contributed by atoms with van der Waals surface area (Å²) < 4.78 is 6.75. The Morgan fingerprint density at radius 3 is 2.20 bits per heavy atom. The van der Waals surface area contributed by atoms with Crippen LogP contribution in [0.2, 0.25) is 18.1 Å². The van der Waals surface area contributed by atoms with Gasteiger partial charge < -0.3 is 9.53 Å². The van der Waals surface area contributed by atoms with E-state index < -0.39 is 14.4 Å². The molecule has 0 amide bonds. The average Bonchev–Trinajstić information content (AvgIpc) is 2.56. The van der Waals surface area contributed by atoms with Gasteiger partial charge in [0.05, 0.1) is 12.2 Å². The molecule has 0 aliphatic carbocycles. The molecule has 25 heavy (non-hydrogen) atoms. The molecular formula is C22H38O2Si. The first kappa shape index (κ1) is 22.1. The number of benzene rings is 1. The lowest BCUT2D eigenvalue weighted by Crippen LogP contribution is -2.47. The predicted molar refractivity (Wildman–Crippen MR) is 111 cm³/mol. The highest BCUT2D eigenvalue weighted by Gasteiger charge is 2.41. The SMILES string of the molecule is C=C[C@@H](C)[C@H](O)[C@H](C)[C@H](CCc1ccccc1)O[Si](C)(C)C(C)(C)C. The van der Waals surface area contributed by atoms with Gasteiger partial charge in [0.1, 0.15) is 0 Å². The minimum atomic E-state index is -1.90. The third-order valence-corrected chi connectivity index (χ3v) is 10.4. The molecule has 0 heterocycles. The van der Waals surface area contributed by atoms with E-state index in [1.807, 2.05) is 19.1 Å². The fourth-order valence-corrected chi connectivity index (χ4v) is 4.22. The molecule has 1 rings (SSSR count). The normalized spacial score (nSPS) is 17.6. The second kappa shape index (κ2) is 9.16. The number of rotatable bonds is 9. The van der Waals surface area contributed by atoms with Crippen molar-refractivity contribution in [2.45, 2.75) is 77.8 Å². The van der Waals surface area contributed by atoms with Crippen LogP contribution in [0.3, 0.4) is 0 Å². The molecule has 3 heteroatoms. The molecule has 2 nitrogen and oxygen atoms in total. The topological polar surface area (TPSA) is 29.5 Å². The Bertz CT molecular complexity index is 519. The second-order valence-corrected chi connectivity index (χ2v) is 13.6. The van der Waals surface area contributed by atoms with Gasteiger partial charge in [-0.25, -0.2) is 0 Å². The molecule has 0 unspecified atom stereocenters. The first-order valence-electron chi connectivity index (χ1n) is 9.52. The first-order valence-corrected chi connectivity index (χ1v) is 12.4. The van der Waals surface area contributed by atoms with Crippen LogP contribution in [0.15, 0.2) is 43.0 Å². The maximum atomic E-state index is 10.7. The van der Waals surface area contributed by atoms with Crippen LogP contribution in [0.4, 0.5) is 0 Å². The van der Waals surface area contributed by atoms with Crippen molar-refractivity contribution < 1.29 is 9.53 Å². The van der Waals surface area contributed by atoms with Crippen LogP contribution in [0.25, 0.3) is 0 Å². The molecule has 0 saturated carbocycles. The molecule has 0 saturated heterocycles. The summed E-state index contributed by atoms with van der Waals surface area (Å²) in [6.45, 7) is 19.4. The highest BCUT2D eigenvalue weighted by atomic mass is 28.4. The van der Waals surface area contributed by atoms with Gasteiger partial charge in [-0.15, -0.1) is 6.58 Å². The van der Waals surface area contributed by atoms with Gasteiger partial charge in [0.15, 0.2) is 8.32 Å². The summed E-state index contributed by atoms with van der Waals surface area (Å²) >= 11 is 0. The van der Waals surface area contributed by atoms with Crippen LogP contribution < -0.4 is 0 Å². The third-order valence-electron chi connectivity index (χ3n) is 5.85. The van der Waals surface area contributed by atoms with Gasteiger partial charge >= 0.3 is 0 Å². The van der Waals surface area contributed by atoms with E-state index in [1.165, 1.54) is 5.56 Å². The van der Waals surface area contributed by atoms with Crippen molar-refractivity contribution in [3.05, 3.63) is 48.6 Å². The molecular weight excluding hydrogens is 324 g/mol. The molecule has 0 radical (unpaired) electrons. The van der Waals surface area contributed by atoms with Crippen molar-refractivity contribution in [3.63, 3.8) is 0 Å². The van der Waals surface area contributed by atoms with Crippen LogP contribution >= 0.6 is 0 Å². The minimum absolute atomic E-state index is 0.0542. The summed E-state index contributed by atoms with van der Waals surface area (Å²) in [6, 6.07) is 10.5. The van der Waals surface area contributed by atoms with Gasteiger partial charge in [-0.3, -0.25) is 0 Å². The van der Waals surface area contributed by atoms with Crippen molar-refractivity contribution in [2.75, 3.05) is 0 Å². The van der Waals surface area contributed by atoms with E-state index in [2.05, 4.69) is 71.6 Å². The molecule has 0 bridgehead atoms. The van der Waals surface area contributed by atoms with E-state index >= 15 is 0 Å². The Morgan fingerprint density at radius 2 is 1.72 bits per heavy atom. The first-order chi connectivity index (χ1) is 11.5. The van der Waals surface area contributed by atoms with E-state index in [0.29, 0.717) is 0 Å². The number of aryl methyl sites for hydroxylation is 1. The lowest BCUT2D eigenvalue weighted by molar-refractivity contribution is 0.00658. The molecule has 1 aromatic carbocycles. The van der Waals surface area contributed by atoms with Crippen LogP contribution in [0.5, 0.6) is 0 Å². The van der Waals surface area contributed by atoms with Crippen molar-refractivity contribution in [3.8, 4) is 0 Å². The standard InChI is InChI=1S/C22H38O2Si/c1-9-17(2)21(23)18(3)20(24-25(7,8)22(4,5)6)16-15-19-13-11-10-12-14-19/h9-14,17-18,20-21,23H,1,15-16H2,2-8H3/t17-,18-,20+,21+/m1/s1. The monoisotopic (exact) mass is 362 g/mol. The summed E-state index contributed by atoms with van der Waals surface area (Å²) in [6.07, 6.45) is 3.36. The fraction of sp³-hybridized carbons (Fsp3) is 0.636. The Kier molecular flexibility index (Phi) is 8.11. The van der Waals surface area contributed by atoms with E-state index in [0.717, 1.165) is 12.8 Å². The maximum absolute atomic E-state index is 10.7. The van der Waals surface area contributed by atoms with Crippen LogP contribution in [-0.4, -0.2) is 25.6 Å². The maximum Gasteiger partial charge on any atom is 0.192 e. The zero-order chi connectivity index (χ0) is 19.3. The Hall–Kier alpha value is -0.903. The third kappa shape index (κ3) is 6.39. The quantitative estimate of drug-likeness (QED) is 0.442. The largest absolute Gasteiger partial charge is 0.414 e. The van der Waals surface area contributed by atoms with E-state index in [4.69, 9.17) is 4.43 Å². The van der Waals surface area contributed by atoms with E-state index in [-0.39, 0.29) is 23.0 Å². The number of aliphatic hydroxyl groups excluding tert-OH is 1. The van der Waals surface area contributed by atoms with E-state index in [9.17, 15) is 5.11 Å². The van der Waals surface area contributed by atoms with Crippen LogP contribution in [0.1, 0.15) is 46.6 Å². The molecule has 142 valence electrons. The fourth-order valence-electron chi connectivity index (χ4n) is 2.78. The highest BCUT2D eigenvalue weighted by Crippen LogP contribution is 2.39. The average molecular weight is 363 g/mol. The van der Waals surface area contributed by atoms with Crippen molar-refractivity contribution >= 4 is 8.32 Å². The molecule has 1 N–H and O–H groups in total. The minimum Gasteiger partial charge on any atom is -0.414 e. The zero-order valence-electron chi connectivity index (χ0n) is 17.3. The Morgan fingerprint density at radius 1 is 1.16 bits per heavy atom. The lowest BCUT2D eigenvalue weighted by atomic mass is 9.87. The number of hydrogen-bond acceptors (Lipinski definition) is 2. The lowest BCUT2D eigenvalue weighted by Gasteiger charge is -2.42. The van der Waals surface area contributed by atoms with Gasteiger partial charge in [0.2, 0.25) is 0 Å². The van der Waals surface area contributed by atoms with Crippen molar-refractivity contribution in [2.24, 2.45) is 11.8 Å². The zero-order valence-corrected chi connectivity index (χ0v) is 18.3. The predicted octanol–water partition coefficient (Wildman–Crippen LogP) is 5.83. The summed E-state index contributed by atoms with van der Waals surface area (Å²) in [5.74, 6) is 0.142. The van der Waals surface area contributed by atoms with Crippen molar-refractivity contribution in [1.29, 1.82) is 0 Å². The molecule has 0 aliphatic rings. The molecule has 1 aromatic rings. The summed E-state index contributed by atoms with van der Waals surface area (Å²) in [7, 11) is -1.90. The summed E-state index contributed by atoms with van der Waals surface area (Å²) in [4.78, 5) is 0. The van der Waals surface area contributed by atoms with Gasteiger partial charge in [-0.2, -0.15) is 0 Å². The summed E-state index contributed by atoms with van der Waals surface area (Å²) in [5, 5.41) is 10.9. The van der Waals surface area contributed by atoms with Gasteiger partial charge in [-0.1, -0.05) is 71.0 Å². The molecule has 0 spiro atoms. The smallest absolute Gasteiger partial charge is 0.192 e. The summed E-state index contributed by atoms with van der Waals surface area (Å²) in [5.41, 5.74) is 1.32. The van der Waals surface area contributed by atoms with Crippen molar-refractivity contribution in [1.82, 2.24) is 0 Å². The molecule has 0 aliphatic heterocycles.